The van der Waals surface area contributed by atoms with E-state index in [-0.39, 0.29) is 5.97 Å². The van der Waals surface area contributed by atoms with Gasteiger partial charge in [0, 0.05) is 0 Å². The summed E-state index contributed by atoms with van der Waals surface area (Å²) >= 11 is 0. The fraction of sp³-hybridized carbons (Fsp3) is 0.214. The third kappa shape index (κ3) is 2.67. The molecule has 0 amide bonds. The van der Waals surface area contributed by atoms with Crippen LogP contribution in [0.25, 0.3) is 10.8 Å². The molecule has 2 aromatic rings. The van der Waals surface area contributed by atoms with Crippen LogP contribution in [0.1, 0.15) is 22.8 Å². The van der Waals surface area contributed by atoms with Gasteiger partial charge in [-0.05, 0) is 29.3 Å². The summed E-state index contributed by atoms with van der Waals surface area (Å²) < 4.78 is 5.05. The quantitative estimate of drug-likeness (QED) is 0.518. The Morgan fingerprint density at radius 3 is 2.74 bits per heavy atom. The fourth-order valence-corrected chi connectivity index (χ4v) is 2.01. The number of carbonyl (C=O) groups excluding carboxylic acids is 1. The molecule has 0 aliphatic heterocycles. The molecule has 5 heteroatoms. The zero-order valence-corrected chi connectivity index (χ0v) is 10.6. The number of esters is 1. The average Bonchev–Trinajstić information content (AvgIpc) is 2.44. The van der Waals surface area contributed by atoms with E-state index in [0.29, 0.717) is 18.7 Å². The maximum Gasteiger partial charge on any atom is 0.338 e. The second kappa shape index (κ2) is 5.89. The van der Waals surface area contributed by atoms with Crippen molar-refractivity contribution in [3.05, 3.63) is 47.5 Å². The molecular formula is C14H14N3O2+. The van der Waals surface area contributed by atoms with E-state index in [2.05, 4.69) is 10.0 Å². The third-order valence-electron chi connectivity index (χ3n) is 2.82. The van der Waals surface area contributed by atoms with Gasteiger partial charge in [0.25, 0.3) is 0 Å². The molecule has 0 aromatic heterocycles. The van der Waals surface area contributed by atoms with Crippen molar-refractivity contribution in [2.24, 2.45) is 5.11 Å². The molecule has 0 saturated carbocycles. The van der Waals surface area contributed by atoms with Gasteiger partial charge in [0.15, 0.2) is 0 Å². The molecule has 0 bridgehead atoms. The molecule has 0 atom stereocenters. The first-order valence-corrected chi connectivity index (χ1v) is 5.99. The number of rotatable bonds is 4. The van der Waals surface area contributed by atoms with Gasteiger partial charge in [-0.15, -0.1) is 0 Å². The lowest BCUT2D eigenvalue weighted by atomic mass is 10.00. The van der Waals surface area contributed by atoms with Crippen LogP contribution in [-0.2, 0) is 11.3 Å². The van der Waals surface area contributed by atoms with Crippen molar-refractivity contribution in [2.75, 3.05) is 6.61 Å². The lowest BCUT2D eigenvalue weighted by molar-refractivity contribution is 0.0528. The van der Waals surface area contributed by atoms with Crippen molar-refractivity contribution in [3.8, 4) is 0 Å². The molecule has 0 aliphatic carbocycles. The minimum Gasteiger partial charge on any atom is -0.462 e. The van der Waals surface area contributed by atoms with Gasteiger partial charge >= 0.3 is 5.97 Å². The number of nitrogens with one attached hydrogen (secondary N) is 1. The van der Waals surface area contributed by atoms with Crippen molar-refractivity contribution >= 4 is 16.7 Å². The van der Waals surface area contributed by atoms with Crippen LogP contribution in [0.4, 0.5) is 0 Å². The minimum atomic E-state index is -0.327. The SMILES string of the molecule is CCOC(=O)c1cccc2c(CN=[N+]=N)cccc12. The van der Waals surface area contributed by atoms with Gasteiger partial charge in [0.05, 0.1) is 12.2 Å². The van der Waals surface area contributed by atoms with Gasteiger partial charge in [-0.3, -0.25) is 0 Å². The number of hydrogen-bond donors (Lipinski definition) is 1. The number of hydrogen-bond acceptors (Lipinski definition) is 4. The summed E-state index contributed by atoms with van der Waals surface area (Å²) in [6, 6.07) is 11.1. The first-order chi connectivity index (χ1) is 9.27. The molecule has 96 valence electrons. The van der Waals surface area contributed by atoms with E-state index in [0.717, 1.165) is 16.3 Å². The van der Waals surface area contributed by atoms with Crippen LogP contribution in [0.2, 0.25) is 0 Å². The van der Waals surface area contributed by atoms with Crippen LogP contribution in [0.15, 0.2) is 41.5 Å². The highest BCUT2D eigenvalue weighted by Crippen LogP contribution is 2.23. The predicted molar refractivity (Wildman–Crippen MR) is 70.9 cm³/mol. The monoisotopic (exact) mass is 256 g/mol. The Balaban J connectivity index is 2.56. The number of benzene rings is 2. The molecule has 0 spiro atoms. The molecule has 0 aliphatic rings. The van der Waals surface area contributed by atoms with Crippen molar-refractivity contribution < 1.29 is 9.53 Å². The molecule has 0 radical (unpaired) electrons. The zero-order chi connectivity index (χ0) is 13.7. The molecule has 0 fully saturated rings. The molecule has 2 aromatic carbocycles. The zero-order valence-electron chi connectivity index (χ0n) is 10.6. The maximum atomic E-state index is 11.9. The van der Waals surface area contributed by atoms with Gasteiger partial charge < -0.3 is 4.74 Å². The van der Waals surface area contributed by atoms with Crippen LogP contribution < -0.4 is 4.91 Å². The largest absolute Gasteiger partial charge is 0.462 e. The van der Waals surface area contributed by atoms with Gasteiger partial charge in [-0.1, -0.05) is 30.3 Å². The van der Waals surface area contributed by atoms with E-state index >= 15 is 0 Å². The van der Waals surface area contributed by atoms with Gasteiger partial charge in [0.1, 0.15) is 17.2 Å². The summed E-state index contributed by atoms with van der Waals surface area (Å²) in [4.78, 5) is 14.9. The standard InChI is InChI=1S/C14H14N3O2/c1-2-19-14(18)13-8-4-6-11-10(9-16-17-15)5-3-7-12(11)13/h3-8,15H,2,9H2,1H3/q+1. The lowest BCUT2D eigenvalue weighted by Crippen LogP contribution is -2.05. The summed E-state index contributed by atoms with van der Waals surface area (Å²) in [7, 11) is 0. The van der Waals surface area contributed by atoms with Crippen molar-refractivity contribution in [1.29, 1.82) is 5.53 Å². The first-order valence-electron chi connectivity index (χ1n) is 5.99. The highest BCUT2D eigenvalue weighted by atomic mass is 16.5. The highest BCUT2D eigenvalue weighted by molar-refractivity contribution is 6.05. The lowest BCUT2D eigenvalue weighted by Gasteiger charge is -2.07. The normalized spacial score (nSPS) is 9.95. The highest BCUT2D eigenvalue weighted by Gasteiger charge is 2.12. The summed E-state index contributed by atoms with van der Waals surface area (Å²) in [5, 5.41) is 5.44. The van der Waals surface area contributed by atoms with Crippen molar-refractivity contribution in [1.82, 2.24) is 4.91 Å². The second-order valence-electron chi connectivity index (χ2n) is 3.94. The minimum absolute atomic E-state index is 0.327. The molecular weight excluding hydrogens is 242 g/mol. The van der Waals surface area contributed by atoms with E-state index in [1.54, 1.807) is 13.0 Å². The Labute approximate surface area is 110 Å². The van der Waals surface area contributed by atoms with Crippen LogP contribution in [-0.4, -0.2) is 12.6 Å². The van der Waals surface area contributed by atoms with Gasteiger partial charge in [-0.2, -0.15) is 0 Å². The molecule has 19 heavy (non-hydrogen) atoms. The van der Waals surface area contributed by atoms with Gasteiger partial charge in [0.2, 0.25) is 4.91 Å². The Bertz CT molecular complexity index is 661. The van der Waals surface area contributed by atoms with E-state index in [9.17, 15) is 4.79 Å². The Hall–Kier alpha value is -2.52. The number of nitrogens with zero attached hydrogens (tertiary/aromatic N) is 2. The van der Waals surface area contributed by atoms with Crippen LogP contribution >= 0.6 is 0 Å². The van der Waals surface area contributed by atoms with E-state index in [1.807, 2.05) is 30.3 Å². The fourth-order valence-electron chi connectivity index (χ4n) is 2.01. The molecule has 0 unspecified atom stereocenters. The maximum absolute atomic E-state index is 11.9. The summed E-state index contributed by atoms with van der Waals surface area (Å²) in [5.41, 5.74) is 8.19. The van der Waals surface area contributed by atoms with Crippen LogP contribution in [0.5, 0.6) is 0 Å². The van der Waals surface area contributed by atoms with E-state index in [1.165, 1.54) is 0 Å². The molecule has 0 heterocycles. The number of carbonyl (C=O) groups is 1. The average molecular weight is 256 g/mol. The van der Waals surface area contributed by atoms with Gasteiger partial charge in [-0.25, -0.2) is 4.79 Å². The molecule has 1 N–H and O–H groups in total. The summed E-state index contributed by atoms with van der Waals surface area (Å²) in [5.74, 6) is -0.327. The first kappa shape index (κ1) is 12.9. The van der Waals surface area contributed by atoms with Crippen molar-refractivity contribution in [3.63, 3.8) is 0 Å². The Morgan fingerprint density at radius 1 is 1.26 bits per heavy atom. The molecule has 5 nitrogen and oxygen atoms in total. The number of ether oxygens (including phenoxy) is 1. The van der Waals surface area contributed by atoms with E-state index < -0.39 is 0 Å². The third-order valence-corrected chi connectivity index (χ3v) is 2.82. The molecule has 0 saturated heterocycles. The smallest absolute Gasteiger partial charge is 0.338 e. The molecule has 2 rings (SSSR count). The topological polar surface area (TPSA) is 76.6 Å². The second-order valence-corrected chi connectivity index (χ2v) is 3.94. The Morgan fingerprint density at radius 2 is 2.00 bits per heavy atom. The Kier molecular flexibility index (Phi) is 4.00. The van der Waals surface area contributed by atoms with Crippen LogP contribution in [0, 0.1) is 5.53 Å². The summed E-state index contributed by atoms with van der Waals surface area (Å²) in [6.45, 7) is 2.46. The van der Waals surface area contributed by atoms with E-state index in [4.69, 9.17) is 10.3 Å². The predicted octanol–water partition coefficient (Wildman–Crippen LogP) is 3.07. The number of fused-ring (bicyclic) bond motifs is 1. The summed E-state index contributed by atoms with van der Waals surface area (Å²) in [6.07, 6.45) is 0. The van der Waals surface area contributed by atoms with Crippen LogP contribution in [0.3, 0.4) is 0 Å². The van der Waals surface area contributed by atoms with Crippen molar-refractivity contribution in [2.45, 2.75) is 13.5 Å².